The van der Waals surface area contributed by atoms with Gasteiger partial charge in [-0.15, -0.1) is 11.3 Å². The third-order valence-electron chi connectivity index (χ3n) is 4.77. The van der Waals surface area contributed by atoms with Crippen molar-refractivity contribution in [2.24, 2.45) is 0 Å². The summed E-state index contributed by atoms with van der Waals surface area (Å²) in [6.07, 6.45) is -3.46. The second-order valence-corrected chi connectivity index (χ2v) is 8.68. The molecule has 0 saturated heterocycles. The summed E-state index contributed by atoms with van der Waals surface area (Å²) in [4.78, 5) is 5.47. The van der Waals surface area contributed by atoms with Gasteiger partial charge < -0.3 is 9.84 Å². The highest BCUT2D eigenvalue weighted by molar-refractivity contribution is 7.15. The average molecular weight is 490 g/mol. The van der Waals surface area contributed by atoms with Crippen LogP contribution >= 0.6 is 34.5 Å². The SMILES string of the molecule is CCO[C@H](CCc1ccc(O)c(Cl)c1Cl)c1sc(-c2ccc(C(F)(F)F)cc2)nc1C. The number of nitrogens with zero attached hydrogens (tertiary/aromatic N) is 1. The van der Waals surface area contributed by atoms with E-state index in [9.17, 15) is 18.3 Å². The monoisotopic (exact) mass is 489 g/mol. The van der Waals surface area contributed by atoms with Crippen molar-refractivity contribution >= 4 is 34.5 Å². The van der Waals surface area contributed by atoms with Gasteiger partial charge in [-0.1, -0.05) is 41.4 Å². The summed E-state index contributed by atoms with van der Waals surface area (Å²) in [7, 11) is 0. The van der Waals surface area contributed by atoms with Crippen molar-refractivity contribution in [3.05, 3.63) is 68.1 Å². The minimum Gasteiger partial charge on any atom is -0.506 e. The fourth-order valence-corrected chi connectivity index (χ4v) is 4.78. The Morgan fingerprint density at radius 3 is 2.39 bits per heavy atom. The maximum absolute atomic E-state index is 12.8. The molecule has 166 valence electrons. The predicted octanol–water partition coefficient (Wildman–Crippen LogP) is 7.86. The van der Waals surface area contributed by atoms with Crippen LogP contribution < -0.4 is 0 Å². The lowest BCUT2D eigenvalue weighted by molar-refractivity contribution is -0.137. The van der Waals surface area contributed by atoms with Crippen molar-refractivity contribution in [1.29, 1.82) is 0 Å². The molecular formula is C22H20Cl2F3NO2S. The molecule has 9 heteroatoms. The van der Waals surface area contributed by atoms with Crippen LogP contribution in [0.4, 0.5) is 13.2 Å². The number of phenols is 1. The van der Waals surface area contributed by atoms with Crippen molar-refractivity contribution in [3.63, 3.8) is 0 Å². The number of ether oxygens (including phenoxy) is 1. The molecule has 0 spiro atoms. The zero-order chi connectivity index (χ0) is 22.8. The summed E-state index contributed by atoms with van der Waals surface area (Å²) in [5, 5.41) is 10.7. The number of aromatic hydroxyl groups is 1. The molecule has 3 aromatic rings. The van der Waals surface area contributed by atoms with Gasteiger partial charge in [-0.3, -0.25) is 0 Å². The third-order valence-corrected chi connectivity index (χ3v) is 6.98. The lowest BCUT2D eigenvalue weighted by Crippen LogP contribution is -2.06. The van der Waals surface area contributed by atoms with E-state index in [0.29, 0.717) is 35.0 Å². The Morgan fingerprint density at radius 2 is 1.77 bits per heavy atom. The average Bonchev–Trinajstić information content (AvgIpc) is 3.11. The van der Waals surface area contributed by atoms with Gasteiger partial charge in [0.15, 0.2) is 0 Å². The summed E-state index contributed by atoms with van der Waals surface area (Å²) < 4.78 is 44.4. The Balaban J connectivity index is 1.82. The highest BCUT2D eigenvalue weighted by Crippen LogP contribution is 2.39. The molecule has 0 saturated carbocycles. The maximum Gasteiger partial charge on any atom is 0.416 e. The van der Waals surface area contributed by atoms with Crippen molar-refractivity contribution in [1.82, 2.24) is 4.98 Å². The highest BCUT2D eigenvalue weighted by Gasteiger charge is 2.30. The number of thiazole rings is 1. The van der Waals surface area contributed by atoms with E-state index in [1.165, 1.54) is 29.5 Å². The normalized spacial score (nSPS) is 12.9. The van der Waals surface area contributed by atoms with E-state index in [4.69, 9.17) is 27.9 Å². The number of hydrogen-bond donors (Lipinski definition) is 1. The molecule has 0 fully saturated rings. The predicted molar refractivity (Wildman–Crippen MR) is 118 cm³/mol. The Kier molecular flexibility index (Phi) is 7.52. The molecule has 0 aliphatic heterocycles. The van der Waals surface area contributed by atoms with Gasteiger partial charge >= 0.3 is 6.18 Å². The van der Waals surface area contributed by atoms with Crippen LogP contribution in [0.15, 0.2) is 36.4 Å². The number of phenolic OH excluding ortho intramolecular Hbond substituents is 1. The minimum absolute atomic E-state index is 0.0729. The molecule has 1 N–H and O–H groups in total. The maximum atomic E-state index is 12.8. The van der Waals surface area contributed by atoms with E-state index >= 15 is 0 Å². The molecule has 3 nitrogen and oxygen atoms in total. The van der Waals surface area contributed by atoms with Crippen LogP contribution in [0.2, 0.25) is 10.0 Å². The molecule has 3 rings (SSSR count). The first-order valence-corrected chi connectivity index (χ1v) is 11.1. The van der Waals surface area contributed by atoms with Crippen molar-refractivity contribution < 1.29 is 23.0 Å². The van der Waals surface area contributed by atoms with E-state index in [0.717, 1.165) is 28.3 Å². The fourth-order valence-electron chi connectivity index (χ4n) is 3.18. The number of hydrogen-bond acceptors (Lipinski definition) is 4. The molecule has 2 aromatic carbocycles. The van der Waals surface area contributed by atoms with Gasteiger partial charge in [-0.2, -0.15) is 13.2 Å². The quantitative estimate of drug-likeness (QED) is 0.367. The fraction of sp³-hybridized carbons (Fsp3) is 0.318. The van der Waals surface area contributed by atoms with E-state index in [1.54, 1.807) is 6.07 Å². The van der Waals surface area contributed by atoms with Crippen molar-refractivity contribution in [3.8, 4) is 16.3 Å². The van der Waals surface area contributed by atoms with Gasteiger partial charge in [0.1, 0.15) is 15.8 Å². The van der Waals surface area contributed by atoms with Crippen molar-refractivity contribution in [2.45, 2.75) is 39.0 Å². The molecule has 1 heterocycles. The van der Waals surface area contributed by atoms with Gasteiger partial charge in [0.25, 0.3) is 0 Å². The Bertz CT molecular complexity index is 1050. The number of halogens is 5. The summed E-state index contributed by atoms with van der Waals surface area (Å²) in [6, 6.07) is 8.20. The van der Waals surface area contributed by atoms with Crippen LogP contribution in [0.5, 0.6) is 5.75 Å². The molecule has 1 aromatic heterocycles. The molecular weight excluding hydrogens is 470 g/mol. The lowest BCUT2D eigenvalue weighted by Gasteiger charge is -2.17. The highest BCUT2D eigenvalue weighted by atomic mass is 35.5. The second-order valence-electron chi connectivity index (χ2n) is 6.90. The first kappa shape index (κ1) is 23.9. The zero-order valence-electron chi connectivity index (χ0n) is 16.8. The van der Waals surface area contributed by atoms with Gasteiger partial charge in [0.2, 0.25) is 0 Å². The number of benzene rings is 2. The Labute approximate surface area is 192 Å². The van der Waals surface area contributed by atoms with Gasteiger partial charge in [-0.05, 0) is 50.5 Å². The number of aryl methyl sites for hydroxylation is 2. The Hall–Kier alpha value is -1.80. The molecule has 0 unspecified atom stereocenters. The van der Waals surface area contributed by atoms with E-state index in [2.05, 4.69) is 4.98 Å². The summed E-state index contributed by atoms with van der Waals surface area (Å²) in [5.74, 6) is -0.0729. The van der Waals surface area contributed by atoms with Crippen molar-refractivity contribution in [2.75, 3.05) is 6.61 Å². The van der Waals surface area contributed by atoms with E-state index in [-0.39, 0.29) is 16.9 Å². The van der Waals surface area contributed by atoms with Crippen LogP contribution in [-0.4, -0.2) is 16.7 Å². The summed E-state index contributed by atoms with van der Waals surface area (Å²) in [6.45, 7) is 4.24. The largest absolute Gasteiger partial charge is 0.506 e. The molecule has 0 amide bonds. The van der Waals surface area contributed by atoms with Gasteiger partial charge in [0, 0.05) is 12.2 Å². The first-order valence-electron chi connectivity index (χ1n) is 9.54. The lowest BCUT2D eigenvalue weighted by atomic mass is 10.0. The van der Waals surface area contributed by atoms with Crippen LogP contribution in [-0.2, 0) is 17.3 Å². The summed E-state index contributed by atoms with van der Waals surface area (Å²) >= 11 is 13.7. The second kappa shape index (κ2) is 9.77. The minimum atomic E-state index is -4.37. The Morgan fingerprint density at radius 1 is 1.10 bits per heavy atom. The first-order chi connectivity index (χ1) is 14.6. The topological polar surface area (TPSA) is 42.4 Å². The zero-order valence-corrected chi connectivity index (χ0v) is 19.1. The van der Waals surface area contributed by atoms with Crippen LogP contribution in [0.25, 0.3) is 10.6 Å². The number of rotatable bonds is 7. The molecule has 31 heavy (non-hydrogen) atoms. The number of alkyl halides is 3. The van der Waals surface area contributed by atoms with Crippen LogP contribution in [0.1, 0.15) is 41.1 Å². The molecule has 0 aliphatic rings. The molecule has 0 bridgehead atoms. The van der Waals surface area contributed by atoms with E-state index < -0.39 is 11.7 Å². The molecule has 0 radical (unpaired) electrons. The molecule has 0 aliphatic carbocycles. The van der Waals surface area contributed by atoms with E-state index in [1.807, 2.05) is 13.8 Å². The smallest absolute Gasteiger partial charge is 0.416 e. The number of aromatic nitrogens is 1. The summed E-state index contributed by atoms with van der Waals surface area (Å²) in [5.41, 5.74) is 1.49. The van der Waals surface area contributed by atoms with Crippen LogP contribution in [0, 0.1) is 6.92 Å². The standard InChI is InChI=1S/C22H20Cl2F3NO2S/c1-3-30-17(11-7-13-6-10-16(29)19(24)18(13)23)20-12(2)28-21(31-20)14-4-8-15(9-5-14)22(25,26)27/h4-6,8-10,17,29H,3,7,11H2,1-2H3/t17-/m1/s1. The third kappa shape index (κ3) is 5.52. The van der Waals surface area contributed by atoms with Gasteiger partial charge in [0.05, 0.1) is 27.3 Å². The van der Waals surface area contributed by atoms with Gasteiger partial charge in [-0.25, -0.2) is 4.98 Å². The van der Waals surface area contributed by atoms with Crippen LogP contribution in [0.3, 0.4) is 0 Å². The molecule has 1 atom stereocenters.